The number of hydrogen-bond acceptors (Lipinski definition) is 4. The second-order valence-corrected chi connectivity index (χ2v) is 16.5. The van der Waals surface area contributed by atoms with E-state index in [0.717, 1.165) is 50.2 Å². The molecule has 10 aliphatic rings. The Morgan fingerprint density at radius 3 is 2.38 bits per heavy atom. The molecule has 2 amide bonds. The fourth-order valence-corrected chi connectivity index (χ4v) is 14.0. The van der Waals surface area contributed by atoms with Crippen LogP contribution in [0.3, 0.4) is 0 Å². The SMILES string of the molecule is C/C=C1\CN2CC[C@]34c5ccccc5N5C(=O)C([C@H]6C[C@@]78c9ccccc9N9C(=O)CC=C([C@H]%10C[C@@H]7N6C/C%10=C/C)[C@H]98)=C[C@H]([C@H]53)[C@H]1C[C@H]24. The van der Waals surface area contributed by atoms with Gasteiger partial charge in [-0.05, 0) is 80.8 Å². The first-order valence-electron chi connectivity index (χ1n) is 18.6. The molecular formula is C42H42N4O2. The van der Waals surface area contributed by atoms with Crippen LogP contribution < -0.4 is 9.80 Å². The van der Waals surface area contributed by atoms with Gasteiger partial charge in [-0.15, -0.1) is 0 Å². The lowest BCUT2D eigenvalue weighted by molar-refractivity contribution is -0.119. The topological polar surface area (TPSA) is 47.1 Å². The molecule has 6 heteroatoms. The van der Waals surface area contributed by atoms with Gasteiger partial charge in [0.05, 0.1) is 12.1 Å². The summed E-state index contributed by atoms with van der Waals surface area (Å²) in [6.07, 6.45) is 14.3. The summed E-state index contributed by atoms with van der Waals surface area (Å²) in [5.41, 5.74) is 10.4. The van der Waals surface area contributed by atoms with Crippen molar-refractivity contribution in [2.24, 2.45) is 17.8 Å². The van der Waals surface area contributed by atoms with Crippen molar-refractivity contribution in [3.63, 3.8) is 0 Å². The smallest absolute Gasteiger partial charge is 0.255 e. The average Bonchev–Trinajstić information content (AvgIpc) is 3.85. The van der Waals surface area contributed by atoms with Crippen LogP contribution in [-0.4, -0.2) is 71.5 Å². The van der Waals surface area contributed by atoms with Gasteiger partial charge in [0.2, 0.25) is 5.91 Å². The van der Waals surface area contributed by atoms with Gasteiger partial charge in [-0.25, -0.2) is 0 Å². The zero-order valence-corrected chi connectivity index (χ0v) is 27.8. The van der Waals surface area contributed by atoms with E-state index in [9.17, 15) is 4.79 Å². The number of carbonyl (C=O) groups excluding carboxylic acids is 2. The first kappa shape index (κ1) is 27.1. The van der Waals surface area contributed by atoms with Gasteiger partial charge in [0.1, 0.15) is 0 Å². The van der Waals surface area contributed by atoms with Gasteiger partial charge in [-0.3, -0.25) is 19.4 Å². The maximum Gasteiger partial charge on any atom is 0.255 e. The summed E-state index contributed by atoms with van der Waals surface area (Å²) in [5.74, 6) is 1.62. The number of anilines is 2. The van der Waals surface area contributed by atoms with Crippen molar-refractivity contribution in [1.29, 1.82) is 0 Å². The Morgan fingerprint density at radius 1 is 0.833 bits per heavy atom. The molecule has 2 aliphatic carbocycles. The third-order valence-corrected chi connectivity index (χ3v) is 15.5. The maximum atomic E-state index is 15.5. The van der Waals surface area contributed by atoms with E-state index in [4.69, 9.17) is 0 Å². The summed E-state index contributed by atoms with van der Waals surface area (Å²) < 4.78 is 0. The molecule has 4 saturated heterocycles. The van der Waals surface area contributed by atoms with Gasteiger partial charge in [0.15, 0.2) is 0 Å². The fraction of sp³-hybridized carbons (Fsp3) is 0.476. The third-order valence-electron chi connectivity index (χ3n) is 15.5. The Bertz CT molecular complexity index is 2020. The summed E-state index contributed by atoms with van der Waals surface area (Å²) in [6, 6.07) is 18.8. The van der Waals surface area contributed by atoms with Gasteiger partial charge >= 0.3 is 0 Å². The van der Waals surface area contributed by atoms with E-state index in [0.29, 0.717) is 36.3 Å². The Morgan fingerprint density at radius 2 is 1.58 bits per heavy atom. The van der Waals surface area contributed by atoms with Crippen molar-refractivity contribution in [1.82, 2.24) is 9.80 Å². The first-order valence-corrected chi connectivity index (χ1v) is 18.6. The van der Waals surface area contributed by atoms with Crippen molar-refractivity contribution in [3.8, 4) is 0 Å². The minimum atomic E-state index is -0.204. The van der Waals surface area contributed by atoms with Gasteiger partial charge < -0.3 is 9.80 Å². The lowest BCUT2D eigenvalue weighted by atomic mass is 9.54. The standard InChI is InChI=1S/C42H42N4O2/c1-3-23-21-43-16-15-41-30-9-5-8-12-33(30)46-39(41)28(27(23)18-35(41)43)17-29(40(46)48)34-20-42-31-10-6-7-11-32(31)45-37(47)14-13-25(38(42)45)26-19-36(42)44(34)22-24(26)4-2/h3-13,17,26-28,34-36,38-39H,14-16,18-22H2,1-2H3/b23-3+,24-4-/t26-,27-,28-,34+,35-,36-,38-,39-,41+,42+/m0/s1. The number of benzene rings is 2. The zero-order chi connectivity index (χ0) is 31.8. The molecule has 242 valence electrons. The van der Waals surface area contributed by atoms with Crippen LogP contribution in [0.5, 0.6) is 0 Å². The minimum Gasteiger partial charge on any atom is -0.304 e. The highest BCUT2D eigenvalue weighted by molar-refractivity contribution is 6.10. The molecule has 8 heterocycles. The molecule has 2 saturated carbocycles. The van der Waals surface area contributed by atoms with Crippen LogP contribution in [0, 0.1) is 17.8 Å². The Labute approximate surface area is 282 Å². The molecule has 4 bridgehead atoms. The molecule has 0 unspecified atom stereocenters. The normalized spacial score (nSPS) is 44.1. The van der Waals surface area contributed by atoms with Crippen molar-refractivity contribution < 1.29 is 9.59 Å². The Hall–Kier alpha value is -3.74. The highest BCUT2D eigenvalue weighted by Gasteiger charge is 2.72. The van der Waals surface area contributed by atoms with Gasteiger partial charge in [-0.2, -0.15) is 0 Å². The maximum absolute atomic E-state index is 15.5. The van der Waals surface area contributed by atoms with Crippen LogP contribution in [0.25, 0.3) is 0 Å². The molecule has 2 spiro atoms. The van der Waals surface area contributed by atoms with Crippen LogP contribution >= 0.6 is 0 Å². The van der Waals surface area contributed by atoms with E-state index in [1.807, 2.05) is 0 Å². The summed E-state index contributed by atoms with van der Waals surface area (Å²) >= 11 is 0. The van der Waals surface area contributed by atoms with E-state index in [2.05, 4.69) is 106 Å². The first-order chi connectivity index (χ1) is 23.5. The van der Waals surface area contributed by atoms with E-state index in [1.165, 1.54) is 34.4 Å². The highest BCUT2D eigenvalue weighted by Crippen LogP contribution is 2.68. The third kappa shape index (κ3) is 2.73. The largest absolute Gasteiger partial charge is 0.304 e. The summed E-state index contributed by atoms with van der Waals surface area (Å²) in [6.45, 7) is 7.51. The number of piperidine rings is 2. The minimum absolute atomic E-state index is 0.0145. The quantitative estimate of drug-likeness (QED) is 0.381. The number of allylic oxidation sites excluding steroid dienone is 2. The Kier molecular flexibility index (Phi) is 4.91. The summed E-state index contributed by atoms with van der Waals surface area (Å²) in [7, 11) is 0. The number of para-hydroxylation sites is 2. The number of nitrogens with zero attached hydrogens (tertiary/aromatic N) is 4. The number of carbonyl (C=O) groups is 2. The number of hydrogen-bond donors (Lipinski definition) is 0. The number of rotatable bonds is 1. The molecule has 8 aliphatic heterocycles. The molecule has 0 N–H and O–H groups in total. The molecule has 0 aromatic heterocycles. The molecule has 48 heavy (non-hydrogen) atoms. The molecule has 2 aromatic rings. The van der Waals surface area contributed by atoms with Gasteiger partial charge in [0, 0.05) is 77.2 Å². The van der Waals surface area contributed by atoms with E-state index < -0.39 is 0 Å². The lowest BCUT2D eigenvalue weighted by Gasteiger charge is -2.57. The molecule has 2 aromatic carbocycles. The van der Waals surface area contributed by atoms with Crippen LogP contribution in [0.4, 0.5) is 11.4 Å². The molecule has 10 atom stereocenters. The van der Waals surface area contributed by atoms with Crippen LogP contribution in [-0.2, 0) is 20.4 Å². The second-order valence-electron chi connectivity index (χ2n) is 16.5. The molecule has 12 rings (SSSR count). The fourth-order valence-electron chi connectivity index (χ4n) is 14.0. The zero-order valence-electron chi connectivity index (χ0n) is 27.8. The van der Waals surface area contributed by atoms with Crippen molar-refractivity contribution in [2.75, 3.05) is 29.4 Å². The highest BCUT2D eigenvalue weighted by atomic mass is 16.2. The monoisotopic (exact) mass is 634 g/mol. The van der Waals surface area contributed by atoms with E-state index in [-0.39, 0.29) is 40.8 Å². The average molecular weight is 635 g/mol. The number of fused-ring (bicyclic) bond motifs is 8. The van der Waals surface area contributed by atoms with Crippen molar-refractivity contribution in [3.05, 3.63) is 106 Å². The molecule has 6 fully saturated rings. The van der Waals surface area contributed by atoms with Gasteiger partial charge in [0.25, 0.3) is 5.91 Å². The predicted molar refractivity (Wildman–Crippen MR) is 186 cm³/mol. The molecular weight excluding hydrogens is 592 g/mol. The second kappa shape index (κ2) is 8.70. The summed E-state index contributed by atoms with van der Waals surface area (Å²) in [4.78, 5) is 39.3. The van der Waals surface area contributed by atoms with Crippen molar-refractivity contribution >= 4 is 23.2 Å². The predicted octanol–water partition coefficient (Wildman–Crippen LogP) is 5.66. The lowest BCUT2D eigenvalue weighted by Crippen LogP contribution is -2.66. The molecule has 0 radical (unpaired) electrons. The van der Waals surface area contributed by atoms with Crippen LogP contribution in [0.2, 0.25) is 0 Å². The van der Waals surface area contributed by atoms with E-state index >= 15 is 4.79 Å². The van der Waals surface area contributed by atoms with Crippen molar-refractivity contribution in [2.45, 2.75) is 87.0 Å². The Balaban J connectivity index is 1.07. The van der Waals surface area contributed by atoms with Crippen LogP contribution in [0.1, 0.15) is 57.1 Å². The van der Waals surface area contributed by atoms with Crippen LogP contribution in [0.15, 0.2) is 95.1 Å². The van der Waals surface area contributed by atoms with Gasteiger partial charge in [-0.1, -0.05) is 71.8 Å². The summed E-state index contributed by atoms with van der Waals surface area (Å²) in [5, 5.41) is 0. The number of amides is 2. The molecule has 6 nitrogen and oxygen atoms in total. The van der Waals surface area contributed by atoms with E-state index in [1.54, 1.807) is 5.57 Å².